The van der Waals surface area contributed by atoms with E-state index in [2.05, 4.69) is 53.9 Å². The fraction of sp³-hybridized carbons (Fsp3) is 0.588. The van der Waals surface area contributed by atoms with Crippen LogP contribution in [0.25, 0.3) is 10.2 Å². The van der Waals surface area contributed by atoms with Crippen molar-refractivity contribution in [1.82, 2.24) is 14.6 Å². The number of thiazole rings is 1. The minimum absolute atomic E-state index is 0.0869. The minimum atomic E-state index is -0.829. The summed E-state index contributed by atoms with van der Waals surface area (Å²) in [7, 11) is 0. The number of anilines is 1. The largest absolute Gasteiger partial charge is 0.445 e. The van der Waals surface area contributed by atoms with Crippen LogP contribution in [0.4, 0.5) is 9.93 Å². The van der Waals surface area contributed by atoms with E-state index in [1.54, 1.807) is 23.3 Å². The molecule has 1 amide bonds. The molecule has 9 nitrogen and oxygen atoms in total. The molecule has 1 aliphatic heterocycles. The molecule has 3 N–H and O–H groups in total. The van der Waals surface area contributed by atoms with Gasteiger partial charge in [-0.1, -0.05) is 62.4 Å². The third kappa shape index (κ3) is 8.90. The monoisotopic (exact) mass is 654 g/mol. The number of nitrogens with one attached hydrogen (secondary N) is 2. The zero-order valence-electron chi connectivity index (χ0n) is 26.4. The van der Waals surface area contributed by atoms with Crippen molar-refractivity contribution in [3.05, 3.63) is 54.1 Å². The molecule has 6 atom stereocenters. The predicted molar refractivity (Wildman–Crippen MR) is 179 cm³/mol. The zero-order chi connectivity index (χ0) is 31.3. The number of rotatable bonds is 13. The zero-order valence-corrected chi connectivity index (χ0v) is 28.0. The van der Waals surface area contributed by atoms with Gasteiger partial charge < -0.3 is 20.5 Å². The van der Waals surface area contributed by atoms with E-state index in [9.17, 15) is 9.90 Å². The fourth-order valence-corrected chi connectivity index (χ4v) is 8.59. The van der Waals surface area contributed by atoms with Crippen LogP contribution in [0.3, 0.4) is 0 Å². The molecule has 2 saturated carbocycles. The Balaban J connectivity index is 1.15. The Kier molecular flexibility index (Phi) is 10.8. The average Bonchev–Trinajstić information content (AvgIpc) is 3.75. The van der Waals surface area contributed by atoms with Crippen molar-refractivity contribution in [2.45, 2.75) is 82.1 Å². The van der Waals surface area contributed by atoms with Crippen LogP contribution in [0.1, 0.15) is 52.0 Å². The summed E-state index contributed by atoms with van der Waals surface area (Å²) in [5, 5.41) is 19.3. The molecule has 1 saturated heterocycles. The second-order valence-corrected chi connectivity index (χ2v) is 15.5. The summed E-state index contributed by atoms with van der Waals surface area (Å²) in [6.07, 6.45) is 3.31. The second kappa shape index (κ2) is 15.0. The van der Waals surface area contributed by atoms with Crippen molar-refractivity contribution in [2.75, 3.05) is 31.6 Å². The molecule has 0 spiro atoms. The van der Waals surface area contributed by atoms with Crippen molar-refractivity contribution < 1.29 is 24.4 Å². The van der Waals surface area contributed by atoms with Crippen molar-refractivity contribution in [3.63, 3.8) is 0 Å². The topological polar surface area (TPSA) is 105 Å². The molecule has 2 aromatic carbocycles. The maximum atomic E-state index is 13.5. The average molecular weight is 655 g/mol. The van der Waals surface area contributed by atoms with Gasteiger partial charge in [0.15, 0.2) is 5.13 Å². The lowest BCUT2D eigenvalue weighted by atomic mass is 9.73. The number of hydrogen-bond donors (Lipinski definition) is 3. The molecule has 2 heterocycles. The number of aliphatic hydroxyl groups excluding tert-OH is 1. The number of aromatic nitrogens is 1. The Morgan fingerprint density at radius 2 is 1.91 bits per heavy atom. The van der Waals surface area contributed by atoms with Gasteiger partial charge in [0.1, 0.15) is 6.10 Å². The van der Waals surface area contributed by atoms with Crippen molar-refractivity contribution in [1.29, 1.82) is 0 Å². The highest BCUT2D eigenvalue weighted by Gasteiger charge is 2.43. The van der Waals surface area contributed by atoms with E-state index in [4.69, 9.17) is 19.5 Å². The number of aliphatic hydroxyl groups is 1. The Labute approximate surface area is 274 Å². The van der Waals surface area contributed by atoms with Crippen LogP contribution >= 0.6 is 23.3 Å². The molecule has 6 rings (SSSR count). The standard InChI is InChI=1S/C34H46N4O5S2/c1-21(2)17-38(45-26-13-14-28-31(16-26)44-33(36-28)35-25-11-12-25)18-30(39)29(15-23-7-5-4-6-8-23)37-34(40)43-32-24-10-9-22(3)27(32)20-42-41-19-24/h4-8,13-14,16,21-22,24-25,27,29-30,32,39H,9-12,15,17-20H2,1-3H3,(H,35,36)(H,37,40). The SMILES string of the molecule is CC(C)CN(CC(O)C(Cc1ccccc1)NC(=O)OC1C2CCC(C)C1COOC2)Sc1ccc2nc(NC3CC3)sc2c1. The number of benzene rings is 2. The molecular weight excluding hydrogens is 609 g/mol. The number of carbonyl (C=O) groups is 1. The predicted octanol–water partition coefficient (Wildman–Crippen LogP) is 6.53. The Hall–Kier alpha value is -2.41. The number of hydrogen-bond acceptors (Lipinski definition) is 10. The van der Waals surface area contributed by atoms with Gasteiger partial charge in [0.25, 0.3) is 0 Å². The first-order valence-electron chi connectivity index (χ1n) is 16.3. The summed E-state index contributed by atoms with van der Waals surface area (Å²) in [6.45, 7) is 8.53. The first-order chi connectivity index (χ1) is 21.8. The molecule has 244 valence electrons. The van der Waals surface area contributed by atoms with E-state index in [1.807, 2.05) is 30.3 Å². The molecule has 6 unspecified atom stereocenters. The molecule has 11 heteroatoms. The normalized spacial score (nSPS) is 24.8. The third-order valence-electron chi connectivity index (χ3n) is 9.00. The fourth-order valence-electron chi connectivity index (χ4n) is 6.34. The molecule has 3 fully saturated rings. The maximum absolute atomic E-state index is 13.5. The first-order valence-corrected chi connectivity index (χ1v) is 17.9. The Bertz CT molecular complexity index is 1400. The lowest BCUT2D eigenvalue weighted by Gasteiger charge is -2.38. The van der Waals surface area contributed by atoms with Crippen LogP contribution in [0.5, 0.6) is 0 Å². The third-order valence-corrected chi connectivity index (χ3v) is 11.0. The van der Waals surface area contributed by atoms with Crippen LogP contribution in [0.2, 0.25) is 0 Å². The van der Waals surface area contributed by atoms with Gasteiger partial charge >= 0.3 is 6.09 Å². The van der Waals surface area contributed by atoms with Gasteiger partial charge in [-0.2, -0.15) is 0 Å². The van der Waals surface area contributed by atoms with Crippen LogP contribution in [0, 0.1) is 23.7 Å². The summed E-state index contributed by atoms with van der Waals surface area (Å²) in [5.41, 5.74) is 2.04. The number of alkyl carbamates (subject to hydrolysis) is 1. The summed E-state index contributed by atoms with van der Waals surface area (Å²) < 4.78 is 9.47. The highest BCUT2D eigenvalue weighted by Crippen LogP contribution is 2.38. The summed E-state index contributed by atoms with van der Waals surface area (Å²) >= 11 is 3.33. The van der Waals surface area contributed by atoms with E-state index < -0.39 is 18.2 Å². The number of amides is 1. The molecular formula is C34H46N4O5S2. The first kappa shape index (κ1) is 32.5. The number of fused-ring (bicyclic) bond motifs is 3. The van der Waals surface area contributed by atoms with Crippen molar-refractivity contribution in [2.24, 2.45) is 23.7 Å². The maximum Gasteiger partial charge on any atom is 0.407 e. The number of ether oxygens (including phenoxy) is 1. The lowest BCUT2D eigenvalue weighted by molar-refractivity contribution is -0.296. The summed E-state index contributed by atoms with van der Waals surface area (Å²) in [4.78, 5) is 30.1. The summed E-state index contributed by atoms with van der Waals surface area (Å²) in [6, 6.07) is 16.4. The van der Waals surface area contributed by atoms with E-state index in [1.165, 1.54) is 12.8 Å². The summed E-state index contributed by atoms with van der Waals surface area (Å²) in [5.74, 6) is 0.950. The molecule has 45 heavy (non-hydrogen) atoms. The molecule has 3 aromatic rings. The Morgan fingerprint density at radius 1 is 1.11 bits per heavy atom. The van der Waals surface area contributed by atoms with Crippen LogP contribution in [-0.2, 0) is 20.9 Å². The number of nitrogens with zero attached hydrogens (tertiary/aromatic N) is 2. The van der Waals surface area contributed by atoms with Gasteiger partial charge in [0.2, 0.25) is 0 Å². The van der Waals surface area contributed by atoms with Crippen molar-refractivity contribution in [3.8, 4) is 0 Å². The van der Waals surface area contributed by atoms with Gasteiger partial charge in [0.05, 0.1) is 35.6 Å². The molecule has 3 aliphatic rings. The Morgan fingerprint density at radius 3 is 2.69 bits per heavy atom. The molecule has 2 bridgehead atoms. The van der Waals surface area contributed by atoms with Gasteiger partial charge in [-0.25, -0.2) is 23.9 Å². The van der Waals surface area contributed by atoms with Crippen LogP contribution in [-0.4, -0.2) is 71.1 Å². The van der Waals surface area contributed by atoms with Crippen LogP contribution in [0.15, 0.2) is 53.4 Å². The molecule has 0 radical (unpaired) electrons. The molecule has 2 aliphatic carbocycles. The van der Waals surface area contributed by atoms with E-state index in [0.717, 1.165) is 45.2 Å². The second-order valence-electron chi connectivity index (χ2n) is 13.3. The lowest BCUT2D eigenvalue weighted by Crippen LogP contribution is -2.51. The quantitative estimate of drug-likeness (QED) is 0.140. The highest BCUT2D eigenvalue weighted by molar-refractivity contribution is 7.97. The van der Waals surface area contributed by atoms with Crippen LogP contribution < -0.4 is 10.6 Å². The number of carbonyl (C=O) groups excluding carboxylic acids is 1. The highest BCUT2D eigenvalue weighted by atomic mass is 32.2. The van der Waals surface area contributed by atoms with Gasteiger partial charge in [-0.3, -0.25) is 0 Å². The van der Waals surface area contributed by atoms with E-state index in [-0.39, 0.29) is 17.9 Å². The van der Waals surface area contributed by atoms with E-state index in [0.29, 0.717) is 44.1 Å². The molecule has 1 aromatic heterocycles. The van der Waals surface area contributed by atoms with Gasteiger partial charge in [0, 0.05) is 35.9 Å². The van der Waals surface area contributed by atoms with E-state index >= 15 is 0 Å². The van der Waals surface area contributed by atoms with Crippen molar-refractivity contribution >= 4 is 44.7 Å². The van der Waals surface area contributed by atoms with Gasteiger partial charge in [-0.05, 0) is 79.7 Å². The minimum Gasteiger partial charge on any atom is -0.445 e. The van der Waals surface area contributed by atoms with Gasteiger partial charge in [-0.15, -0.1) is 0 Å². The smallest absolute Gasteiger partial charge is 0.407 e.